The van der Waals surface area contributed by atoms with Crippen LogP contribution in [-0.2, 0) is 9.53 Å². The highest BCUT2D eigenvalue weighted by atomic mass is 16.5. The van der Waals surface area contributed by atoms with Gasteiger partial charge in [-0.3, -0.25) is 10.4 Å². The van der Waals surface area contributed by atoms with Gasteiger partial charge in [0, 0.05) is 23.7 Å². The summed E-state index contributed by atoms with van der Waals surface area (Å²) < 4.78 is 16.3. The van der Waals surface area contributed by atoms with E-state index in [1.165, 1.54) is 13.3 Å². The largest absolute Gasteiger partial charge is 0.490 e. The number of aromatic nitrogens is 1. The number of hydrogen-bond donors (Lipinski definition) is 4. The fourth-order valence-corrected chi connectivity index (χ4v) is 3.27. The summed E-state index contributed by atoms with van der Waals surface area (Å²) in [6.07, 6.45) is 3.74. The molecule has 3 rings (SSSR count). The highest BCUT2D eigenvalue weighted by molar-refractivity contribution is 5.95. The van der Waals surface area contributed by atoms with Crippen molar-refractivity contribution in [2.45, 2.75) is 26.1 Å². The first kappa shape index (κ1) is 24.5. The molecule has 0 aliphatic carbocycles. The predicted molar refractivity (Wildman–Crippen MR) is 123 cm³/mol. The van der Waals surface area contributed by atoms with Crippen molar-refractivity contribution in [1.82, 2.24) is 21.0 Å². The van der Waals surface area contributed by atoms with E-state index in [-0.39, 0.29) is 12.2 Å². The van der Waals surface area contributed by atoms with Crippen molar-refractivity contribution in [2.24, 2.45) is 5.10 Å². The van der Waals surface area contributed by atoms with Crippen LogP contribution in [0.4, 0.5) is 4.79 Å². The van der Waals surface area contributed by atoms with Crippen molar-refractivity contribution in [2.75, 3.05) is 20.3 Å². The Morgan fingerprint density at radius 3 is 2.85 bits per heavy atom. The maximum atomic E-state index is 12.3. The molecule has 0 radical (unpaired) electrons. The number of ether oxygens (including phenoxy) is 3. The van der Waals surface area contributed by atoms with Crippen LogP contribution in [0, 0.1) is 0 Å². The third kappa shape index (κ3) is 6.23. The summed E-state index contributed by atoms with van der Waals surface area (Å²) in [6, 6.07) is 7.45. The molecule has 0 fully saturated rings. The van der Waals surface area contributed by atoms with Gasteiger partial charge < -0.3 is 30.0 Å². The molecule has 11 nitrogen and oxygen atoms in total. The molecule has 1 aromatic heterocycles. The van der Waals surface area contributed by atoms with Gasteiger partial charge in [0.25, 0.3) is 0 Å². The molecule has 180 valence electrons. The highest BCUT2D eigenvalue weighted by Gasteiger charge is 2.32. The number of nitrogens with zero attached hydrogens (tertiary/aromatic N) is 2. The second kappa shape index (κ2) is 11.7. The molecule has 0 saturated heterocycles. The minimum absolute atomic E-state index is 0.111. The number of methoxy groups -OCH3 is 1. The SMILES string of the molecule is CCOc1cc([C@H]2NC(=O)NC(C)=C2C(=O)OC)ccc1OC[C@H](O)N/N=C\c1cccnc1. The van der Waals surface area contributed by atoms with Gasteiger partial charge in [-0.1, -0.05) is 12.1 Å². The topological polar surface area (TPSA) is 143 Å². The Morgan fingerprint density at radius 1 is 1.32 bits per heavy atom. The minimum atomic E-state index is -1.08. The van der Waals surface area contributed by atoms with Gasteiger partial charge in [0.05, 0.1) is 31.5 Å². The van der Waals surface area contributed by atoms with Crippen molar-refractivity contribution in [1.29, 1.82) is 0 Å². The van der Waals surface area contributed by atoms with Gasteiger partial charge in [0.15, 0.2) is 17.7 Å². The fourth-order valence-electron chi connectivity index (χ4n) is 3.27. The first-order valence-corrected chi connectivity index (χ1v) is 10.6. The second-order valence-electron chi connectivity index (χ2n) is 7.20. The van der Waals surface area contributed by atoms with E-state index in [9.17, 15) is 14.7 Å². The predicted octanol–water partition coefficient (Wildman–Crippen LogP) is 1.60. The number of aliphatic hydroxyl groups excluding tert-OH is 1. The van der Waals surface area contributed by atoms with Gasteiger partial charge in [-0.2, -0.15) is 5.10 Å². The van der Waals surface area contributed by atoms with E-state index in [1.807, 2.05) is 13.0 Å². The summed E-state index contributed by atoms with van der Waals surface area (Å²) in [6.45, 7) is 3.69. The second-order valence-corrected chi connectivity index (χ2v) is 7.20. The van der Waals surface area contributed by atoms with Crippen molar-refractivity contribution in [3.8, 4) is 11.5 Å². The molecule has 1 aromatic carbocycles. The van der Waals surface area contributed by atoms with E-state index < -0.39 is 24.3 Å². The Balaban J connectivity index is 1.72. The summed E-state index contributed by atoms with van der Waals surface area (Å²) in [7, 11) is 1.28. The van der Waals surface area contributed by atoms with Crippen molar-refractivity contribution in [3.05, 3.63) is 65.1 Å². The molecule has 2 heterocycles. The molecule has 2 atom stereocenters. The van der Waals surface area contributed by atoms with Crippen LogP contribution in [0.3, 0.4) is 0 Å². The summed E-state index contributed by atoms with van der Waals surface area (Å²) >= 11 is 0. The smallest absolute Gasteiger partial charge is 0.337 e. The van der Waals surface area contributed by atoms with E-state index in [4.69, 9.17) is 14.2 Å². The number of carbonyl (C=O) groups excluding carboxylic acids is 2. The van der Waals surface area contributed by atoms with Gasteiger partial charge in [0.2, 0.25) is 0 Å². The fraction of sp³-hybridized carbons (Fsp3) is 0.304. The van der Waals surface area contributed by atoms with E-state index in [1.54, 1.807) is 43.6 Å². The molecule has 0 spiro atoms. The lowest BCUT2D eigenvalue weighted by Gasteiger charge is -2.28. The van der Waals surface area contributed by atoms with Crippen molar-refractivity contribution < 1.29 is 28.9 Å². The Kier molecular flexibility index (Phi) is 8.41. The summed E-state index contributed by atoms with van der Waals surface area (Å²) in [4.78, 5) is 28.3. The maximum absolute atomic E-state index is 12.3. The number of allylic oxidation sites excluding steroid dienone is 1. The molecule has 11 heteroatoms. The lowest BCUT2D eigenvalue weighted by Crippen LogP contribution is -2.45. The van der Waals surface area contributed by atoms with Crippen LogP contribution in [0.5, 0.6) is 11.5 Å². The van der Waals surface area contributed by atoms with Gasteiger partial charge >= 0.3 is 12.0 Å². The lowest BCUT2D eigenvalue weighted by atomic mass is 9.95. The van der Waals surface area contributed by atoms with E-state index in [0.29, 0.717) is 29.4 Å². The zero-order chi connectivity index (χ0) is 24.5. The summed E-state index contributed by atoms with van der Waals surface area (Å²) in [5, 5.41) is 19.4. The monoisotopic (exact) mass is 469 g/mol. The average molecular weight is 469 g/mol. The molecule has 2 aromatic rings. The number of esters is 1. The molecule has 4 N–H and O–H groups in total. The summed E-state index contributed by atoms with van der Waals surface area (Å²) in [5.74, 6) is 0.207. The molecular formula is C23H27N5O6. The number of nitrogens with one attached hydrogen (secondary N) is 3. The maximum Gasteiger partial charge on any atom is 0.337 e. The number of amides is 2. The average Bonchev–Trinajstić information content (AvgIpc) is 2.83. The van der Waals surface area contributed by atoms with Gasteiger partial charge in [0.1, 0.15) is 6.61 Å². The normalized spacial score (nSPS) is 16.5. The Labute approximate surface area is 196 Å². The number of rotatable bonds is 10. The van der Waals surface area contributed by atoms with Gasteiger partial charge in [-0.05, 0) is 37.6 Å². The standard InChI is InChI=1S/C23H27N5O6/c1-4-33-18-10-16(21-20(22(30)32-3)14(2)26-23(31)27-21)7-8-17(18)34-13-19(29)28-25-12-15-6-5-9-24-11-15/h5-12,19,21,28-29H,4,13H2,1-3H3,(H2,26,27,31)/b25-12-/t19-,21+/m0/s1. The molecule has 0 unspecified atom stereocenters. The quantitative estimate of drug-likeness (QED) is 0.178. The lowest BCUT2D eigenvalue weighted by molar-refractivity contribution is -0.136. The number of hydrogen-bond acceptors (Lipinski definition) is 9. The minimum Gasteiger partial charge on any atom is -0.490 e. The van der Waals surface area contributed by atoms with Crippen LogP contribution in [0.25, 0.3) is 0 Å². The molecule has 34 heavy (non-hydrogen) atoms. The van der Waals surface area contributed by atoms with E-state index in [0.717, 1.165) is 5.56 Å². The van der Waals surface area contributed by atoms with Crippen LogP contribution < -0.4 is 25.5 Å². The highest BCUT2D eigenvalue weighted by Crippen LogP contribution is 2.34. The van der Waals surface area contributed by atoms with Crippen LogP contribution in [0.1, 0.15) is 31.0 Å². The van der Waals surface area contributed by atoms with Gasteiger partial charge in [-0.15, -0.1) is 0 Å². The number of carbonyl (C=O) groups is 2. The first-order valence-electron chi connectivity index (χ1n) is 10.6. The molecule has 1 aliphatic heterocycles. The van der Waals surface area contributed by atoms with Gasteiger partial charge in [-0.25, -0.2) is 9.59 Å². The van der Waals surface area contributed by atoms with Crippen LogP contribution in [-0.4, -0.2) is 54.9 Å². The molecule has 2 amide bonds. The third-order valence-corrected chi connectivity index (χ3v) is 4.79. The van der Waals surface area contributed by atoms with E-state index in [2.05, 4.69) is 26.1 Å². The Hall–Kier alpha value is -4.12. The van der Waals surface area contributed by atoms with Crippen LogP contribution in [0.2, 0.25) is 0 Å². The number of benzene rings is 1. The number of urea groups is 1. The van der Waals surface area contributed by atoms with Crippen LogP contribution >= 0.6 is 0 Å². The first-order chi connectivity index (χ1) is 16.4. The number of hydrazone groups is 1. The zero-order valence-electron chi connectivity index (χ0n) is 19.1. The summed E-state index contributed by atoms with van der Waals surface area (Å²) in [5.41, 5.74) is 4.63. The molecule has 0 saturated carbocycles. The Bertz CT molecular complexity index is 1070. The molecule has 1 aliphatic rings. The number of aliphatic hydroxyl groups is 1. The third-order valence-electron chi connectivity index (χ3n) is 4.79. The Morgan fingerprint density at radius 2 is 2.15 bits per heavy atom. The molecule has 0 bridgehead atoms. The van der Waals surface area contributed by atoms with Crippen molar-refractivity contribution in [3.63, 3.8) is 0 Å². The van der Waals surface area contributed by atoms with Crippen LogP contribution in [0.15, 0.2) is 59.1 Å². The zero-order valence-corrected chi connectivity index (χ0v) is 19.1. The molecular weight excluding hydrogens is 442 g/mol. The number of pyridine rings is 1. The van der Waals surface area contributed by atoms with Crippen molar-refractivity contribution >= 4 is 18.2 Å². The van der Waals surface area contributed by atoms with E-state index >= 15 is 0 Å².